The van der Waals surface area contributed by atoms with Crippen LogP contribution in [0.15, 0.2) is 11.0 Å². The first-order valence-corrected chi connectivity index (χ1v) is 4.03. The number of rotatable bonds is 3. The van der Waals surface area contributed by atoms with E-state index in [0.29, 0.717) is 5.92 Å². The Morgan fingerprint density at radius 2 is 2.11 bits per heavy atom. The number of allylic oxidation sites excluding steroid dienone is 2. The molecule has 1 N–H and O–H groups in total. The van der Waals surface area contributed by atoms with E-state index in [4.69, 9.17) is 0 Å². The highest BCUT2D eigenvalue weighted by Crippen LogP contribution is 2.19. The molecule has 0 heterocycles. The quantitative estimate of drug-likeness (QED) is 0.612. The SMILES string of the molecule is C/C=C(\SNC)C(C)C. The second-order valence-electron chi connectivity index (χ2n) is 2.15. The molecule has 0 fully saturated rings. The van der Waals surface area contributed by atoms with Gasteiger partial charge in [0.1, 0.15) is 0 Å². The molecule has 54 valence electrons. The van der Waals surface area contributed by atoms with Crippen LogP contribution < -0.4 is 4.72 Å². The minimum absolute atomic E-state index is 0.646. The Balaban J connectivity index is 3.70. The highest BCUT2D eigenvalue weighted by Gasteiger charge is 1.99. The van der Waals surface area contributed by atoms with E-state index >= 15 is 0 Å². The molecule has 0 rings (SSSR count). The molecule has 0 radical (unpaired) electrons. The molecule has 2 heteroatoms. The van der Waals surface area contributed by atoms with Gasteiger partial charge < -0.3 is 0 Å². The van der Waals surface area contributed by atoms with Crippen LogP contribution in [-0.4, -0.2) is 7.05 Å². The third-order valence-electron chi connectivity index (χ3n) is 1.07. The van der Waals surface area contributed by atoms with E-state index in [2.05, 4.69) is 31.6 Å². The van der Waals surface area contributed by atoms with Crippen molar-refractivity contribution in [2.75, 3.05) is 7.05 Å². The van der Waals surface area contributed by atoms with Crippen LogP contribution in [0.5, 0.6) is 0 Å². The molecule has 0 aliphatic heterocycles. The van der Waals surface area contributed by atoms with Crippen molar-refractivity contribution in [3.8, 4) is 0 Å². The van der Waals surface area contributed by atoms with E-state index in [1.807, 2.05) is 7.05 Å². The van der Waals surface area contributed by atoms with Crippen molar-refractivity contribution in [3.05, 3.63) is 11.0 Å². The Bertz CT molecular complexity index is 97.1. The maximum absolute atomic E-state index is 3.05. The Kier molecular flexibility index (Phi) is 4.91. The molecular weight excluding hydrogens is 130 g/mol. The Hall–Kier alpha value is 0.0500. The molecule has 1 nitrogen and oxygen atoms in total. The average Bonchev–Trinajstić information content (AvgIpc) is 1.82. The summed E-state index contributed by atoms with van der Waals surface area (Å²) in [6, 6.07) is 0. The fourth-order valence-corrected chi connectivity index (χ4v) is 1.22. The molecule has 0 aromatic carbocycles. The second-order valence-corrected chi connectivity index (χ2v) is 3.24. The predicted octanol–water partition coefficient (Wildman–Crippen LogP) is 2.41. The largest absolute Gasteiger partial charge is 0.263 e. The van der Waals surface area contributed by atoms with Gasteiger partial charge in [0.2, 0.25) is 0 Å². The maximum atomic E-state index is 3.05. The van der Waals surface area contributed by atoms with Gasteiger partial charge in [-0.05, 0) is 24.8 Å². The van der Waals surface area contributed by atoms with Crippen molar-refractivity contribution < 1.29 is 0 Å². The van der Waals surface area contributed by atoms with E-state index in [1.165, 1.54) is 4.91 Å². The first-order chi connectivity index (χ1) is 4.22. The van der Waals surface area contributed by atoms with E-state index in [1.54, 1.807) is 11.9 Å². The van der Waals surface area contributed by atoms with Crippen LogP contribution in [0.4, 0.5) is 0 Å². The van der Waals surface area contributed by atoms with Crippen molar-refractivity contribution >= 4 is 11.9 Å². The van der Waals surface area contributed by atoms with Crippen molar-refractivity contribution in [2.45, 2.75) is 20.8 Å². The smallest absolute Gasteiger partial charge is 0.00140 e. The number of hydrogen-bond donors (Lipinski definition) is 1. The molecule has 0 unspecified atom stereocenters. The lowest BCUT2D eigenvalue weighted by Gasteiger charge is -2.07. The monoisotopic (exact) mass is 145 g/mol. The average molecular weight is 145 g/mol. The highest BCUT2D eigenvalue weighted by molar-refractivity contribution is 8.01. The van der Waals surface area contributed by atoms with Gasteiger partial charge in [-0.25, -0.2) is 0 Å². The third-order valence-corrected chi connectivity index (χ3v) is 2.22. The van der Waals surface area contributed by atoms with Gasteiger partial charge in [-0.2, -0.15) is 0 Å². The van der Waals surface area contributed by atoms with Crippen LogP contribution in [0.1, 0.15) is 20.8 Å². The predicted molar refractivity (Wildman–Crippen MR) is 45.2 cm³/mol. The summed E-state index contributed by atoms with van der Waals surface area (Å²) in [7, 11) is 1.94. The molecular formula is C7H15NS. The molecule has 0 saturated carbocycles. The lowest BCUT2D eigenvalue weighted by atomic mass is 10.2. The minimum atomic E-state index is 0.646. The van der Waals surface area contributed by atoms with Crippen LogP contribution >= 0.6 is 11.9 Å². The summed E-state index contributed by atoms with van der Waals surface area (Å²) < 4.78 is 3.05. The Labute approximate surface area is 62.0 Å². The molecule has 0 aliphatic rings. The summed E-state index contributed by atoms with van der Waals surface area (Å²) in [6.07, 6.45) is 2.14. The summed E-state index contributed by atoms with van der Waals surface area (Å²) in [5, 5.41) is 0. The van der Waals surface area contributed by atoms with E-state index in [9.17, 15) is 0 Å². The summed E-state index contributed by atoms with van der Waals surface area (Å²) >= 11 is 1.70. The zero-order valence-corrected chi connectivity index (χ0v) is 7.38. The second kappa shape index (κ2) is 4.89. The molecule has 9 heavy (non-hydrogen) atoms. The van der Waals surface area contributed by atoms with Crippen molar-refractivity contribution in [2.24, 2.45) is 5.92 Å². The molecule has 0 aromatic heterocycles. The summed E-state index contributed by atoms with van der Waals surface area (Å²) in [6.45, 7) is 6.46. The van der Waals surface area contributed by atoms with E-state index in [0.717, 1.165) is 0 Å². The topological polar surface area (TPSA) is 12.0 Å². The number of nitrogens with one attached hydrogen (secondary N) is 1. The van der Waals surface area contributed by atoms with Crippen LogP contribution in [0.3, 0.4) is 0 Å². The van der Waals surface area contributed by atoms with Crippen molar-refractivity contribution in [1.29, 1.82) is 0 Å². The van der Waals surface area contributed by atoms with Crippen LogP contribution in [0, 0.1) is 5.92 Å². The summed E-state index contributed by atoms with van der Waals surface area (Å²) in [4.78, 5) is 1.40. The van der Waals surface area contributed by atoms with Crippen LogP contribution in [-0.2, 0) is 0 Å². The normalized spacial score (nSPS) is 12.8. The Morgan fingerprint density at radius 3 is 2.22 bits per heavy atom. The molecule has 0 spiro atoms. The lowest BCUT2D eigenvalue weighted by Crippen LogP contribution is -1.97. The van der Waals surface area contributed by atoms with Gasteiger partial charge in [-0.15, -0.1) is 0 Å². The van der Waals surface area contributed by atoms with E-state index < -0.39 is 0 Å². The van der Waals surface area contributed by atoms with Gasteiger partial charge >= 0.3 is 0 Å². The highest BCUT2D eigenvalue weighted by atomic mass is 32.2. The fraction of sp³-hybridized carbons (Fsp3) is 0.714. The van der Waals surface area contributed by atoms with Gasteiger partial charge in [0.25, 0.3) is 0 Å². The first-order valence-electron chi connectivity index (χ1n) is 3.22. The van der Waals surface area contributed by atoms with Crippen LogP contribution in [0.25, 0.3) is 0 Å². The molecule has 0 aromatic rings. The molecule has 0 atom stereocenters. The van der Waals surface area contributed by atoms with Gasteiger partial charge in [0, 0.05) is 0 Å². The summed E-state index contributed by atoms with van der Waals surface area (Å²) in [5.41, 5.74) is 0. The van der Waals surface area contributed by atoms with Gasteiger partial charge in [0.15, 0.2) is 0 Å². The molecule has 0 bridgehead atoms. The summed E-state index contributed by atoms with van der Waals surface area (Å²) in [5.74, 6) is 0.646. The lowest BCUT2D eigenvalue weighted by molar-refractivity contribution is 0.813. The third kappa shape index (κ3) is 3.60. The molecule has 0 aliphatic carbocycles. The van der Waals surface area contributed by atoms with Crippen molar-refractivity contribution in [1.82, 2.24) is 4.72 Å². The molecule has 0 amide bonds. The number of hydrogen-bond acceptors (Lipinski definition) is 2. The Morgan fingerprint density at radius 1 is 1.56 bits per heavy atom. The van der Waals surface area contributed by atoms with E-state index in [-0.39, 0.29) is 0 Å². The zero-order chi connectivity index (χ0) is 7.28. The van der Waals surface area contributed by atoms with Gasteiger partial charge in [0.05, 0.1) is 0 Å². The standard InChI is InChI=1S/C7H15NS/c1-5-7(6(2)3)9-8-4/h5-6,8H,1-4H3/b7-5-. The first kappa shape index (κ1) is 9.05. The fourth-order valence-electron chi connectivity index (χ4n) is 0.628. The zero-order valence-electron chi connectivity index (χ0n) is 6.56. The minimum Gasteiger partial charge on any atom is -0.263 e. The van der Waals surface area contributed by atoms with Gasteiger partial charge in [-0.1, -0.05) is 31.9 Å². The maximum Gasteiger partial charge on any atom is -0.00140 e. The molecule has 0 saturated heterocycles. The van der Waals surface area contributed by atoms with Crippen molar-refractivity contribution in [3.63, 3.8) is 0 Å². The van der Waals surface area contributed by atoms with Crippen LogP contribution in [0.2, 0.25) is 0 Å². The van der Waals surface area contributed by atoms with Gasteiger partial charge in [-0.3, -0.25) is 4.72 Å².